The number of aromatic nitrogens is 2. The summed E-state index contributed by atoms with van der Waals surface area (Å²) in [4.78, 5) is 30.6. The van der Waals surface area contributed by atoms with Crippen molar-refractivity contribution < 1.29 is 39.9 Å². The lowest BCUT2D eigenvalue weighted by Crippen LogP contribution is -2.41. The number of carbonyl (C=O) groups is 1. The third-order valence-electron chi connectivity index (χ3n) is 9.93. The molecule has 0 saturated carbocycles. The van der Waals surface area contributed by atoms with Crippen LogP contribution in [0.3, 0.4) is 0 Å². The Hall–Kier alpha value is -5.52. The minimum atomic E-state index is -2.92. The van der Waals surface area contributed by atoms with E-state index in [1.165, 1.54) is 26.5 Å². The van der Waals surface area contributed by atoms with Crippen LogP contribution in [0.5, 0.6) is 11.5 Å². The Bertz CT molecular complexity index is 2320. The first-order chi connectivity index (χ1) is 30.2. The van der Waals surface area contributed by atoms with Crippen LogP contribution in [0.15, 0.2) is 126 Å². The molecule has 1 N–H and O–H groups in total. The maximum absolute atomic E-state index is 17.5. The molecule has 13 nitrogen and oxygen atoms in total. The lowest BCUT2D eigenvalue weighted by molar-refractivity contribution is -0.0934. The van der Waals surface area contributed by atoms with Crippen LogP contribution >= 0.6 is 8.53 Å². The van der Waals surface area contributed by atoms with Crippen LogP contribution in [0.2, 0.25) is 0 Å². The number of nitrogens with one attached hydrogen (secondary N) is 1. The lowest BCUT2D eigenvalue weighted by atomic mass is 9.80. The summed E-state index contributed by atoms with van der Waals surface area (Å²) < 4.78 is 77.0. The number of anilines is 1. The van der Waals surface area contributed by atoms with E-state index in [1.54, 1.807) is 103 Å². The fraction of sp³-hybridized carbons (Fsp3) is 0.348. The van der Waals surface area contributed by atoms with Gasteiger partial charge in [0.05, 0.1) is 42.6 Å². The summed E-state index contributed by atoms with van der Waals surface area (Å²) in [6, 6.07) is 34.2. The van der Waals surface area contributed by atoms with Crippen LogP contribution in [-0.2, 0) is 24.1 Å². The number of hydrogen-bond acceptors (Lipinski definition) is 11. The Morgan fingerprint density at radius 2 is 1.48 bits per heavy atom. The van der Waals surface area contributed by atoms with Crippen molar-refractivity contribution in [3.05, 3.63) is 154 Å². The minimum absolute atomic E-state index is 0.0139. The molecule has 5 aromatic rings. The molecular weight excluding hydrogens is 801 g/mol. The van der Waals surface area contributed by atoms with Crippen molar-refractivity contribution in [2.45, 2.75) is 76.4 Å². The molecule has 0 bridgehead atoms. The fourth-order valence-electron chi connectivity index (χ4n) is 7.06. The van der Waals surface area contributed by atoms with Crippen LogP contribution in [0.4, 0.5) is 10.2 Å². The summed E-state index contributed by atoms with van der Waals surface area (Å²) in [6.45, 7) is 4.67. The normalized spacial score (nSPS) is 19.0. The molecule has 0 aliphatic carbocycles. The molecule has 6 rings (SSSR count). The summed E-state index contributed by atoms with van der Waals surface area (Å²) in [5, 5.41) is 12.0. The van der Waals surface area contributed by atoms with E-state index in [4.69, 9.17) is 28.0 Å². The molecule has 320 valence electrons. The Morgan fingerprint density at radius 1 is 0.918 bits per heavy atom. The van der Waals surface area contributed by atoms with E-state index >= 15 is 4.39 Å². The van der Waals surface area contributed by atoms with Crippen LogP contribution < -0.4 is 20.5 Å². The number of alkyl halides is 1. The number of carbonyl (C=O) groups excluding carboxylic acids is 1. The first-order valence-corrected chi connectivity index (χ1v) is 20.9. The second kappa shape index (κ2) is 20.8. The molecule has 1 fully saturated rings. The Morgan fingerprint density at radius 3 is 2.00 bits per heavy atom. The van der Waals surface area contributed by atoms with Gasteiger partial charge >= 0.3 is 5.69 Å². The number of halogens is 1. The number of nitriles is 1. The summed E-state index contributed by atoms with van der Waals surface area (Å²) in [5.74, 6) is 0.485. The van der Waals surface area contributed by atoms with Gasteiger partial charge in [-0.15, -0.1) is 0 Å². The number of hydrogen-bond donors (Lipinski definition) is 1. The van der Waals surface area contributed by atoms with E-state index in [1.807, 2.05) is 44.5 Å². The Labute approximate surface area is 359 Å². The monoisotopic (exact) mass is 853 g/mol. The van der Waals surface area contributed by atoms with Gasteiger partial charge in [-0.2, -0.15) is 10.2 Å². The quantitative estimate of drug-likeness (QED) is 0.0485. The van der Waals surface area contributed by atoms with E-state index in [0.717, 1.165) is 4.57 Å². The molecule has 1 aliphatic heterocycles. The molecule has 1 aliphatic rings. The number of benzene rings is 4. The van der Waals surface area contributed by atoms with Crippen LogP contribution in [0.25, 0.3) is 0 Å². The molecule has 4 aromatic carbocycles. The zero-order valence-corrected chi connectivity index (χ0v) is 35.7. The van der Waals surface area contributed by atoms with Crippen molar-refractivity contribution in [2.24, 2.45) is 0 Å². The highest BCUT2D eigenvalue weighted by Crippen LogP contribution is 2.51. The van der Waals surface area contributed by atoms with Gasteiger partial charge in [0.2, 0.25) is 0 Å². The van der Waals surface area contributed by atoms with Crippen molar-refractivity contribution in [1.29, 1.82) is 5.26 Å². The predicted molar refractivity (Wildman–Crippen MR) is 230 cm³/mol. The summed E-state index contributed by atoms with van der Waals surface area (Å²) in [6.07, 6.45) is -6.40. The van der Waals surface area contributed by atoms with Gasteiger partial charge in [0.25, 0.3) is 14.4 Å². The predicted octanol–water partition coefficient (Wildman–Crippen LogP) is 8.42. The standard InChI is InChI=1S/C46H51FN5O8P/c1-31(2)52(32(3)4)61(58-29-13-27-48)60-42-39(59-44(41(42)47)51-28-26-40(50-45(51)54)49-43(53)33-14-9-7-10-15-33)30-57-46(34-16-11-8-12-17-34,35-18-22-37(55-5)23-19-35)36-20-24-38(56-6)25-21-36/h7-12,14-26,28,31-32,39,41-42,44H,13,29-30H2,1-6H3,(H,49,50,53,54)/t39-,41-,42-,44-,61?/m1/s1/i30D2. The van der Waals surface area contributed by atoms with E-state index in [-0.39, 0.29) is 30.9 Å². The van der Waals surface area contributed by atoms with E-state index < -0.39 is 56.9 Å². The smallest absolute Gasteiger partial charge is 0.351 e. The van der Waals surface area contributed by atoms with Crippen molar-refractivity contribution in [2.75, 3.05) is 32.7 Å². The number of nitrogens with zero attached hydrogens (tertiary/aromatic N) is 4. The molecule has 1 unspecified atom stereocenters. The molecule has 15 heteroatoms. The van der Waals surface area contributed by atoms with Crippen molar-refractivity contribution in [1.82, 2.24) is 14.2 Å². The van der Waals surface area contributed by atoms with Gasteiger partial charge in [0.1, 0.15) is 35.1 Å². The minimum Gasteiger partial charge on any atom is -0.497 e. The van der Waals surface area contributed by atoms with Gasteiger partial charge in [-0.3, -0.25) is 9.36 Å². The maximum Gasteiger partial charge on any atom is 0.351 e. The molecular formula is C46H51FN5O8P. The highest BCUT2D eigenvalue weighted by atomic mass is 31.2. The van der Waals surface area contributed by atoms with Gasteiger partial charge in [-0.25, -0.2) is 13.9 Å². The topological polar surface area (TPSA) is 146 Å². The van der Waals surface area contributed by atoms with Crippen LogP contribution in [-0.4, -0.2) is 78.0 Å². The third kappa shape index (κ3) is 10.3. The first-order valence-electron chi connectivity index (χ1n) is 20.8. The second-order valence-corrected chi connectivity index (χ2v) is 16.0. The number of rotatable bonds is 19. The fourth-order valence-corrected chi connectivity index (χ4v) is 8.80. The van der Waals surface area contributed by atoms with E-state index in [2.05, 4.69) is 10.3 Å². The highest BCUT2D eigenvalue weighted by Gasteiger charge is 2.51. The zero-order chi connectivity index (χ0) is 45.3. The second-order valence-electron chi connectivity index (χ2n) is 14.6. The van der Waals surface area contributed by atoms with Crippen LogP contribution in [0, 0.1) is 11.3 Å². The summed E-state index contributed by atoms with van der Waals surface area (Å²) in [7, 11) is 0.897. The van der Waals surface area contributed by atoms with E-state index in [0.29, 0.717) is 33.8 Å². The third-order valence-corrected chi connectivity index (χ3v) is 12.1. The summed E-state index contributed by atoms with van der Waals surface area (Å²) >= 11 is 0. The largest absolute Gasteiger partial charge is 0.497 e. The molecule has 1 saturated heterocycles. The average Bonchev–Trinajstić information content (AvgIpc) is 3.61. The molecule has 5 atom stereocenters. The Balaban J connectivity index is 1.48. The van der Waals surface area contributed by atoms with Crippen molar-refractivity contribution in [3.63, 3.8) is 0 Å². The molecule has 0 spiro atoms. The lowest BCUT2D eigenvalue weighted by Gasteiger charge is -2.39. The molecule has 1 aromatic heterocycles. The van der Waals surface area contributed by atoms with Crippen molar-refractivity contribution in [3.8, 4) is 17.6 Å². The van der Waals surface area contributed by atoms with E-state index in [9.17, 15) is 17.6 Å². The zero-order valence-electron chi connectivity index (χ0n) is 36.8. The van der Waals surface area contributed by atoms with Gasteiger partial charge < -0.3 is 33.3 Å². The molecule has 0 radical (unpaired) electrons. The number of methoxy groups -OCH3 is 2. The first kappa shape index (κ1) is 42.2. The van der Waals surface area contributed by atoms with Gasteiger partial charge in [-0.05, 0) is 86.8 Å². The van der Waals surface area contributed by atoms with Gasteiger partial charge in [-0.1, -0.05) is 72.8 Å². The SMILES string of the molecule is [2H]C([2H])(OC(c1ccccc1)(c1ccc(OC)cc1)c1ccc(OC)cc1)[C@H]1O[C@@H](n2ccc(NC(=O)c3ccccc3)nc2=O)[C@H](F)[C@@H]1OP(OCCC#N)N(C(C)C)C(C)C. The number of amides is 1. The van der Waals surface area contributed by atoms with Crippen LogP contribution in [0.1, 0.15) is 70.1 Å². The van der Waals surface area contributed by atoms with Gasteiger partial charge in [0.15, 0.2) is 12.4 Å². The van der Waals surface area contributed by atoms with Crippen molar-refractivity contribution >= 4 is 20.3 Å². The average molecular weight is 854 g/mol. The maximum atomic E-state index is 17.5. The highest BCUT2D eigenvalue weighted by molar-refractivity contribution is 7.44. The molecule has 1 amide bonds. The summed E-state index contributed by atoms with van der Waals surface area (Å²) in [5.41, 5.74) is -0.869. The Kier molecular flexibility index (Phi) is 14.4. The van der Waals surface area contributed by atoms with Gasteiger partial charge in [0, 0.05) is 23.8 Å². The number of ether oxygens (including phenoxy) is 4. The molecule has 2 heterocycles. The molecule has 61 heavy (non-hydrogen) atoms.